The van der Waals surface area contributed by atoms with Crippen molar-refractivity contribution in [3.05, 3.63) is 83.9 Å². The van der Waals surface area contributed by atoms with Crippen LogP contribution in [-0.2, 0) is 21.4 Å². The highest BCUT2D eigenvalue weighted by Gasteiger charge is 2.29. The largest absolute Gasteiger partial charge is 0.390 e. The van der Waals surface area contributed by atoms with E-state index in [2.05, 4.69) is 15.0 Å². The van der Waals surface area contributed by atoms with Gasteiger partial charge in [-0.25, -0.2) is 17.5 Å². The van der Waals surface area contributed by atoms with Crippen molar-refractivity contribution < 1.29 is 22.7 Å². The lowest BCUT2D eigenvalue weighted by Gasteiger charge is -2.29. The highest BCUT2D eigenvalue weighted by atomic mass is 32.2. The van der Waals surface area contributed by atoms with Gasteiger partial charge in [0.15, 0.2) is 0 Å². The number of aliphatic hydroxyl groups excluding tert-OH is 1. The number of hydrogen-bond donors (Lipinski definition) is 3. The van der Waals surface area contributed by atoms with E-state index in [-0.39, 0.29) is 41.2 Å². The van der Waals surface area contributed by atoms with E-state index < -0.39 is 10.0 Å². The zero-order valence-electron chi connectivity index (χ0n) is 20.0. The predicted octanol–water partition coefficient (Wildman–Crippen LogP) is 4.09. The minimum Gasteiger partial charge on any atom is -0.390 e. The number of pyridine rings is 1. The molecule has 190 valence electrons. The molecule has 7 nitrogen and oxygen atoms in total. The van der Waals surface area contributed by atoms with Gasteiger partial charge in [-0.1, -0.05) is 30.3 Å². The maximum Gasteiger partial charge on any atom is 0.240 e. The number of amides is 1. The summed E-state index contributed by atoms with van der Waals surface area (Å²) in [4.78, 5) is 17.0. The molecule has 0 radical (unpaired) electrons. The molecule has 1 atom stereocenters. The van der Waals surface area contributed by atoms with E-state index in [0.717, 1.165) is 16.7 Å². The average Bonchev–Trinajstić information content (AvgIpc) is 2.89. The van der Waals surface area contributed by atoms with Crippen molar-refractivity contribution >= 4 is 15.9 Å². The van der Waals surface area contributed by atoms with Crippen LogP contribution in [0.5, 0.6) is 0 Å². The van der Waals surface area contributed by atoms with Gasteiger partial charge in [0.2, 0.25) is 15.9 Å². The Morgan fingerprint density at radius 3 is 2.22 bits per heavy atom. The number of carbonyl (C=O) groups excluding carboxylic acids is 1. The van der Waals surface area contributed by atoms with Crippen molar-refractivity contribution in [2.75, 3.05) is 0 Å². The van der Waals surface area contributed by atoms with Crippen LogP contribution < -0.4 is 10.0 Å². The monoisotopic (exact) mass is 511 g/mol. The van der Waals surface area contributed by atoms with E-state index in [1.165, 1.54) is 12.1 Å². The Bertz CT molecular complexity index is 1270. The highest BCUT2D eigenvalue weighted by Crippen LogP contribution is 2.27. The highest BCUT2D eigenvalue weighted by molar-refractivity contribution is 7.89. The number of aromatic nitrogens is 1. The minimum atomic E-state index is -3.70. The van der Waals surface area contributed by atoms with E-state index in [1.54, 1.807) is 48.7 Å². The number of halogens is 1. The van der Waals surface area contributed by atoms with Crippen molar-refractivity contribution in [3.8, 4) is 11.1 Å². The second-order valence-corrected chi connectivity index (χ2v) is 10.9. The molecule has 3 aromatic rings. The van der Waals surface area contributed by atoms with Gasteiger partial charge in [-0.3, -0.25) is 9.78 Å². The molecule has 1 aliphatic carbocycles. The zero-order chi connectivity index (χ0) is 25.7. The number of nitrogens with zero attached hydrogens (tertiary/aromatic N) is 1. The topological polar surface area (TPSA) is 108 Å². The molecule has 1 aromatic heterocycles. The van der Waals surface area contributed by atoms with Gasteiger partial charge < -0.3 is 10.4 Å². The van der Waals surface area contributed by atoms with Gasteiger partial charge in [-0.2, -0.15) is 0 Å². The summed E-state index contributed by atoms with van der Waals surface area (Å²) in [7, 11) is -3.70. The van der Waals surface area contributed by atoms with Crippen LogP contribution in [0, 0.1) is 11.7 Å². The smallest absolute Gasteiger partial charge is 0.240 e. The Morgan fingerprint density at radius 2 is 1.64 bits per heavy atom. The molecule has 0 aliphatic heterocycles. The minimum absolute atomic E-state index is 0.0646. The van der Waals surface area contributed by atoms with E-state index in [1.807, 2.05) is 13.0 Å². The number of sulfonamides is 1. The number of carbonyl (C=O) groups is 1. The van der Waals surface area contributed by atoms with Crippen LogP contribution in [0.1, 0.15) is 49.9 Å². The maximum atomic E-state index is 13.1. The summed E-state index contributed by atoms with van der Waals surface area (Å²) < 4.78 is 41.7. The summed E-state index contributed by atoms with van der Waals surface area (Å²) in [5.41, 5.74) is 3.05. The van der Waals surface area contributed by atoms with Gasteiger partial charge in [0.25, 0.3) is 0 Å². The van der Waals surface area contributed by atoms with Crippen LogP contribution in [0.4, 0.5) is 4.39 Å². The molecule has 0 spiro atoms. The molecular formula is C27H30FN3O4S. The molecular weight excluding hydrogens is 481 g/mol. The first-order valence-electron chi connectivity index (χ1n) is 12.0. The molecule has 4 rings (SSSR count). The third-order valence-corrected chi connectivity index (χ3v) is 8.17. The van der Waals surface area contributed by atoms with Crippen molar-refractivity contribution in [1.29, 1.82) is 0 Å². The first-order valence-corrected chi connectivity index (χ1v) is 13.5. The molecule has 0 saturated heterocycles. The number of rotatable bonds is 8. The van der Waals surface area contributed by atoms with Crippen molar-refractivity contribution in [2.24, 2.45) is 5.92 Å². The summed E-state index contributed by atoms with van der Waals surface area (Å²) in [5.74, 6) is -0.566. The van der Waals surface area contributed by atoms with Gasteiger partial charge in [0.1, 0.15) is 5.82 Å². The quantitative estimate of drug-likeness (QED) is 0.422. The molecule has 1 saturated carbocycles. The molecule has 1 aliphatic rings. The molecule has 1 heterocycles. The Kier molecular flexibility index (Phi) is 8.13. The van der Waals surface area contributed by atoms with Crippen LogP contribution in [0.25, 0.3) is 11.1 Å². The van der Waals surface area contributed by atoms with Crippen molar-refractivity contribution in [2.45, 2.75) is 56.2 Å². The SMILES string of the molecule is C[C@@H](NC(=O)[C@H]1CC[C@H](NS(=O)(=O)c2ccc(-c3ccc(CO)nc3)cc2)CC1)c1ccc(F)cc1. The van der Waals surface area contributed by atoms with Crippen LogP contribution in [-0.4, -0.2) is 30.5 Å². The van der Waals surface area contributed by atoms with Crippen molar-refractivity contribution in [1.82, 2.24) is 15.0 Å². The Balaban J connectivity index is 1.30. The van der Waals surface area contributed by atoms with E-state index in [9.17, 15) is 17.6 Å². The fraction of sp³-hybridized carbons (Fsp3) is 0.333. The lowest BCUT2D eigenvalue weighted by atomic mass is 9.85. The molecule has 3 N–H and O–H groups in total. The number of hydrogen-bond acceptors (Lipinski definition) is 5. The molecule has 1 amide bonds. The Labute approximate surface area is 210 Å². The summed E-state index contributed by atoms with van der Waals surface area (Å²) in [6.07, 6.45) is 3.96. The predicted molar refractivity (Wildman–Crippen MR) is 135 cm³/mol. The fourth-order valence-corrected chi connectivity index (χ4v) is 5.75. The Morgan fingerprint density at radius 1 is 1.00 bits per heavy atom. The van der Waals surface area contributed by atoms with Crippen LogP contribution >= 0.6 is 0 Å². The lowest BCUT2D eigenvalue weighted by molar-refractivity contribution is -0.126. The van der Waals surface area contributed by atoms with Gasteiger partial charge in [0.05, 0.1) is 23.2 Å². The average molecular weight is 512 g/mol. The summed E-state index contributed by atoms with van der Waals surface area (Å²) >= 11 is 0. The van der Waals surface area contributed by atoms with Crippen LogP contribution in [0.2, 0.25) is 0 Å². The van der Waals surface area contributed by atoms with Gasteiger partial charge in [-0.15, -0.1) is 0 Å². The second kappa shape index (κ2) is 11.3. The molecule has 2 aromatic carbocycles. The van der Waals surface area contributed by atoms with Gasteiger partial charge >= 0.3 is 0 Å². The van der Waals surface area contributed by atoms with Crippen LogP contribution in [0.15, 0.2) is 71.8 Å². The first kappa shape index (κ1) is 25.9. The van der Waals surface area contributed by atoms with Crippen molar-refractivity contribution in [3.63, 3.8) is 0 Å². The molecule has 36 heavy (non-hydrogen) atoms. The zero-order valence-corrected chi connectivity index (χ0v) is 20.8. The number of benzene rings is 2. The summed E-state index contributed by atoms with van der Waals surface area (Å²) in [6, 6.07) is 15.7. The van der Waals surface area contributed by atoms with E-state index >= 15 is 0 Å². The maximum absolute atomic E-state index is 13.1. The summed E-state index contributed by atoms with van der Waals surface area (Å²) in [5, 5.41) is 12.1. The second-order valence-electron chi connectivity index (χ2n) is 9.17. The fourth-order valence-electron chi connectivity index (χ4n) is 4.44. The third kappa shape index (κ3) is 6.34. The molecule has 9 heteroatoms. The molecule has 0 bridgehead atoms. The van der Waals surface area contributed by atoms with E-state index in [4.69, 9.17) is 5.11 Å². The number of nitrogens with one attached hydrogen (secondary N) is 2. The lowest BCUT2D eigenvalue weighted by Crippen LogP contribution is -2.41. The third-order valence-electron chi connectivity index (χ3n) is 6.63. The first-order chi connectivity index (χ1) is 17.2. The summed E-state index contributed by atoms with van der Waals surface area (Å²) in [6.45, 7) is 1.72. The number of aliphatic hydroxyl groups is 1. The van der Waals surface area contributed by atoms with Crippen LogP contribution in [0.3, 0.4) is 0 Å². The van der Waals surface area contributed by atoms with Gasteiger partial charge in [-0.05, 0) is 74.1 Å². The van der Waals surface area contributed by atoms with E-state index in [0.29, 0.717) is 31.4 Å². The molecule has 1 fully saturated rings. The molecule has 0 unspecified atom stereocenters. The standard InChI is InChI=1S/C27H30FN3O4S/c1-18(19-2-9-23(28)10-3-19)30-27(33)21-4-11-24(12-5-21)31-36(34,35)26-14-7-20(8-15-26)22-6-13-25(17-32)29-16-22/h2-3,6-10,13-16,18,21,24,31-32H,4-5,11-12,17H2,1H3,(H,30,33)/t18-,21-,24-/m1/s1. The Hall–Kier alpha value is -3.14. The van der Waals surface area contributed by atoms with Gasteiger partial charge in [0, 0.05) is 23.7 Å². The normalized spacial score (nSPS) is 19.0.